The Morgan fingerprint density at radius 3 is 0.286 bits per heavy atom. The summed E-state index contributed by atoms with van der Waals surface area (Å²) in [5.41, 5.74) is 0. The van der Waals surface area contributed by atoms with Crippen molar-refractivity contribution in [3.8, 4) is 0 Å². The zero-order valence-corrected chi connectivity index (χ0v) is 51.4. The minimum atomic E-state index is 0. The molecule has 0 amide bonds. The van der Waals surface area contributed by atoms with E-state index in [9.17, 15) is 0 Å². The maximum atomic E-state index is 2.27. The predicted molar refractivity (Wildman–Crippen MR) is 237 cm³/mol. The quantitative estimate of drug-likeness (QED) is 0.233. The van der Waals surface area contributed by atoms with Crippen LogP contribution in [0.4, 0.5) is 0 Å². The Morgan fingerprint density at radius 2 is 0.286 bits per heavy atom. The molecule has 0 unspecified atom stereocenters. The zero-order valence-electron chi connectivity index (χ0n) is 34.3. The second-order valence-electron chi connectivity index (χ2n) is 12.3. The molecule has 0 aromatic rings. The molecular formula is C30H84Al3Sb3Si6-3. The minimum absolute atomic E-state index is 0. The minimum Gasteiger partial charge on any atom is -0.263 e. The normalized spacial score (nSPS) is 8.14. The van der Waals surface area contributed by atoms with Crippen LogP contribution in [0.25, 0.3) is 0 Å². The van der Waals surface area contributed by atoms with Crippen LogP contribution in [0.15, 0.2) is 0 Å². The van der Waals surface area contributed by atoms with E-state index in [1.165, 1.54) is 31.7 Å². The molecule has 0 aromatic heterocycles. The number of hydrogen-bond acceptors (Lipinski definition) is 0. The predicted octanol–water partition coefficient (Wildman–Crippen LogP) is 11.8. The molecule has 255 valence electrons. The van der Waals surface area contributed by atoms with Gasteiger partial charge in [-0.1, -0.05) is 118 Å². The number of hydrogen-bond donors (Lipinski definition) is 0. The molecule has 0 aliphatic carbocycles. The average Bonchev–Trinajstić information content (AvgIpc) is 2.68. The summed E-state index contributed by atoms with van der Waals surface area (Å²) >= 11 is 2.44. The van der Waals surface area contributed by atoms with E-state index >= 15 is 0 Å². The molecule has 0 aliphatic heterocycles. The Kier molecular flexibility index (Phi) is 177. The van der Waals surface area contributed by atoms with Gasteiger partial charge in [0, 0.05) is 126 Å². The van der Waals surface area contributed by atoms with Crippen LogP contribution in [0.1, 0.15) is 41.5 Å². The second-order valence-corrected chi connectivity index (χ2v) is 36.9. The van der Waals surface area contributed by atoms with Crippen molar-refractivity contribution in [2.75, 3.05) is 0 Å². The molecule has 0 saturated heterocycles. The molecule has 0 N–H and O–H groups in total. The Morgan fingerprint density at radius 1 is 0.238 bits per heavy atom. The average molecular weight is 1060 g/mol. The molecule has 0 aromatic carbocycles. The molecule has 21 radical (unpaired) electrons. The van der Waals surface area contributed by atoms with Crippen LogP contribution in [0, 0.1) is 0 Å². The van der Waals surface area contributed by atoms with Crippen molar-refractivity contribution in [2.24, 2.45) is 0 Å². The van der Waals surface area contributed by atoms with Crippen LogP contribution < -0.4 is 0 Å². The summed E-state index contributed by atoms with van der Waals surface area (Å²) in [5, 5.41) is 8.56. The van der Waals surface area contributed by atoms with Crippen LogP contribution in [-0.4, -0.2) is 172 Å². The Labute approximate surface area is 357 Å². The smallest absolute Gasteiger partial charge is 0.0379 e. The first-order chi connectivity index (χ1) is 17.6. The molecule has 12 heteroatoms. The van der Waals surface area contributed by atoms with Crippen LogP contribution in [-0.2, 0) is 0 Å². The topological polar surface area (TPSA) is 0 Å². The summed E-state index contributed by atoms with van der Waals surface area (Å²) in [6.07, 6.45) is 0. The fourth-order valence-electron chi connectivity index (χ4n) is 0.866. The maximum Gasteiger partial charge on any atom is 0.0379 e. The monoisotopic (exact) mass is 1060 g/mol. The van der Waals surface area contributed by atoms with Crippen LogP contribution in [0.3, 0.4) is 0 Å². The van der Waals surface area contributed by atoms with Crippen molar-refractivity contribution in [2.45, 2.75) is 191 Å². The fourth-order valence-corrected chi connectivity index (χ4v) is 2.60. The Hall–Kier alpha value is 5.35. The molecule has 0 saturated carbocycles. The van der Waals surface area contributed by atoms with Gasteiger partial charge in [-0.25, -0.2) is 0 Å². The largest absolute Gasteiger partial charge is 0.263 e. The summed E-state index contributed by atoms with van der Waals surface area (Å²) in [7, 11) is 0.722. The van der Waals surface area contributed by atoms with Crippen molar-refractivity contribution in [1.29, 1.82) is 0 Å². The van der Waals surface area contributed by atoms with Gasteiger partial charge in [-0.3, -0.25) is 77.4 Å². The van der Waals surface area contributed by atoms with Gasteiger partial charge in [-0.2, -0.15) is 0 Å². The van der Waals surface area contributed by atoms with E-state index in [2.05, 4.69) is 159 Å². The molecule has 0 heterocycles. The van der Waals surface area contributed by atoms with Gasteiger partial charge in [0.1, 0.15) is 0 Å². The molecular weight excluding hydrogens is 975 g/mol. The molecule has 0 bridgehead atoms. The Balaban J connectivity index is -0.0000000239. The maximum absolute atomic E-state index is 2.27. The van der Waals surface area contributed by atoms with E-state index < -0.39 is 0 Å². The third kappa shape index (κ3) is 692. The summed E-state index contributed by atoms with van der Waals surface area (Å²) in [6, 6.07) is 0. The summed E-state index contributed by atoms with van der Waals surface area (Å²) in [6.45, 7) is 54.3. The molecule has 0 rings (SSSR count). The van der Waals surface area contributed by atoms with Gasteiger partial charge >= 0.3 is 0 Å². The molecule has 0 spiro atoms. The molecule has 0 nitrogen and oxygen atoms in total. The van der Waals surface area contributed by atoms with E-state index in [1.807, 2.05) is 0 Å². The van der Waals surface area contributed by atoms with Crippen molar-refractivity contribution in [3.05, 3.63) is 0 Å². The van der Waals surface area contributed by atoms with Crippen LogP contribution in [0.5, 0.6) is 0 Å². The fraction of sp³-hybridized carbons (Fsp3) is 1.00. The van der Waals surface area contributed by atoms with Gasteiger partial charge in [0.25, 0.3) is 0 Å². The van der Waals surface area contributed by atoms with Crippen molar-refractivity contribution >= 4 is 172 Å². The van der Waals surface area contributed by atoms with Gasteiger partial charge < -0.3 is 0 Å². The molecule has 42 heavy (non-hydrogen) atoms. The van der Waals surface area contributed by atoms with Crippen LogP contribution in [0.2, 0.25) is 150 Å². The van der Waals surface area contributed by atoms with Gasteiger partial charge in [0.2, 0.25) is 0 Å². The first-order valence-electron chi connectivity index (χ1n) is 15.7. The van der Waals surface area contributed by atoms with E-state index in [0.717, 1.165) is 45.7 Å². The first kappa shape index (κ1) is 81.4. The van der Waals surface area contributed by atoms with Gasteiger partial charge in [0.15, 0.2) is 0 Å². The first-order valence-corrected chi connectivity index (χ1v) is 38.6. The summed E-state index contributed by atoms with van der Waals surface area (Å²) < 4.78 is 0. The second kappa shape index (κ2) is 91.1. The van der Waals surface area contributed by atoms with E-state index in [0.29, 0.717) is 0 Å². The van der Waals surface area contributed by atoms with Gasteiger partial charge in [0.05, 0.1) is 0 Å². The standard InChI is InChI=1S/6C3H9Si.6C2H5.3Al.3Sb/c6*1-4(2)3;6*1-2;;;;;;/h6*1-3H3;6*1H2,2H3;;;;;;/q;;;;;;;;;;;;3*-1;;;. The summed E-state index contributed by atoms with van der Waals surface area (Å²) in [4.78, 5) is 0. The van der Waals surface area contributed by atoms with Crippen molar-refractivity contribution in [1.82, 2.24) is 0 Å². The Bertz CT molecular complexity index is 216. The van der Waals surface area contributed by atoms with E-state index in [4.69, 9.17) is 0 Å². The molecule has 0 aliphatic rings. The van der Waals surface area contributed by atoms with Crippen LogP contribution >= 0.6 is 0 Å². The van der Waals surface area contributed by atoms with Gasteiger partial charge in [-0.15, -0.1) is 41.5 Å². The molecule has 0 atom stereocenters. The number of rotatable bonds is 6. The third-order valence-corrected chi connectivity index (χ3v) is 5.20. The van der Waals surface area contributed by atoms with E-state index in [-0.39, 0.29) is 126 Å². The van der Waals surface area contributed by atoms with Gasteiger partial charge in [-0.05, 0) is 0 Å². The van der Waals surface area contributed by atoms with Crippen molar-refractivity contribution < 1.29 is 0 Å². The summed E-state index contributed by atoms with van der Waals surface area (Å²) in [5.74, 6) is 0. The van der Waals surface area contributed by atoms with E-state index in [1.54, 1.807) is 0 Å². The van der Waals surface area contributed by atoms with Crippen molar-refractivity contribution in [3.63, 3.8) is 0 Å². The zero-order chi connectivity index (χ0) is 33.8. The third-order valence-electron chi connectivity index (χ3n) is 1.73. The molecule has 0 fully saturated rings. The SMILES string of the molecule is C[CH2][Al-][CH2]C.C[CH2][Al-][CH2]C.C[CH2][Al-][CH2]C.C[Si](C)C.C[Si](C)C.C[Si](C)C.C[Si](C)C.C[Si](C)C.C[Si](C)C.[Sb].[Sb].[Sb].